The Hall–Kier alpha value is -6.30. The molecule has 0 saturated carbocycles. The van der Waals surface area contributed by atoms with Crippen molar-refractivity contribution < 1.29 is 30.4 Å². The van der Waals surface area contributed by atoms with Gasteiger partial charge in [0.25, 0.3) is 0 Å². The molecule has 0 N–H and O–H groups in total. The van der Waals surface area contributed by atoms with E-state index in [2.05, 4.69) is 223 Å². The molecule has 61 heavy (non-hydrogen) atoms. The summed E-state index contributed by atoms with van der Waals surface area (Å²) >= 11 is 0. The maximum atomic E-state index is 6.62. The van der Waals surface area contributed by atoms with Crippen LogP contribution in [0.5, 0.6) is 11.5 Å². The first-order valence-corrected chi connectivity index (χ1v) is 20.8. The van der Waals surface area contributed by atoms with Gasteiger partial charge in [-0.1, -0.05) is 149 Å². The van der Waals surface area contributed by atoms with E-state index in [-0.39, 0.29) is 28.0 Å². The Balaban J connectivity index is 0.00000476. The van der Waals surface area contributed by atoms with E-state index in [1.165, 1.54) is 16.6 Å². The van der Waals surface area contributed by atoms with Gasteiger partial charge in [0.1, 0.15) is 0 Å². The molecule has 0 bridgehead atoms. The van der Waals surface area contributed by atoms with Crippen molar-refractivity contribution in [2.24, 2.45) is 0 Å². The molecular formula is C53H45BN5OPt+. The second kappa shape index (κ2) is 16.6. The number of ether oxygens (including phenoxy) is 1. The standard InChI is InChI=1S/C53H45BN5O.Pt/c1-37(2)44-24-15-25-45(38(3)4)52(44)54-55(5)48-31-30-43(35-51(48)58-32-17-33-59(54)58)60-42-23-14-22-41(34-42)56-36-57(50-29-13-12-28-49(50)56)53-46(39-18-8-6-9-19-39)26-16-27-47(53)40-20-10-7-11-21-40;/h6-31,33,36-38H,1-5H3;/q-3;+4. The Morgan fingerprint density at radius 3 is 1.80 bits per heavy atom. The van der Waals surface area contributed by atoms with Gasteiger partial charge >= 0.3 is 28.0 Å². The fourth-order valence-corrected chi connectivity index (χ4v) is 8.93. The topological polar surface area (TPSA) is 27.8 Å². The first-order valence-electron chi connectivity index (χ1n) is 20.8. The van der Waals surface area contributed by atoms with E-state index in [1.54, 1.807) is 0 Å². The largest absolute Gasteiger partial charge is 4.00 e. The van der Waals surface area contributed by atoms with Gasteiger partial charge in [-0.25, -0.2) is 4.59 Å². The maximum Gasteiger partial charge on any atom is 4.00 e. The van der Waals surface area contributed by atoms with Crippen LogP contribution in [0.2, 0.25) is 0 Å². The monoisotopic (exact) mass is 973 g/mol. The second-order valence-electron chi connectivity index (χ2n) is 16.1. The normalized spacial score (nSPS) is 13.0. The van der Waals surface area contributed by atoms with Crippen LogP contribution in [0, 0.1) is 25.0 Å². The molecule has 2 aliphatic rings. The number of hydrogen-bond acceptors (Lipinski definition) is 4. The average molecular weight is 974 g/mol. The molecule has 8 heteroatoms. The summed E-state index contributed by atoms with van der Waals surface area (Å²) < 4.78 is 11.0. The van der Waals surface area contributed by atoms with Gasteiger partial charge in [-0.15, -0.1) is 42.3 Å². The molecule has 300 valence electrons. The summed E-state index contributed by atoms with van der Waals surface area (Å²) in [6, 6.07) is 62.5. The molecule has 1 aromatic heterocycles. The average Bonchev–Trinajstić information content (AvgIpc) is 3.93. The number of anilines is 5. The molecule has 0 radical (unpaired) electrons. The number of aromatic nitrogens is 2. The molecular weight excluding hydrogens is 929 g/mol. The summed E-state index contributed by atoms with van der Waals surface area (Å²) in [5.74, 6) is 1.95. The van der Waals surface area contributed by atoms with Gasteiger partial charge in [0.15, 0.2) is 0 Å². The second-order valence-corrected chi connectivity index (χ2v) is 16.1. The Labute approximate surface area is 374 Å². The molecule has 2 aliphatic heterocycles. The van der Waals surface area contributed by atoms with Crippen molar-refractivity contribution in [3.63, 3.8) is 0 Å². The molecule has 0 aliphatic carbocycles. The van der Waals surface area contributed by atoms with Crippen LogP contribution in [-0.2, 0) is 21.1 Å². The Morgan fingerprint density at radius 1 is 0.590 bits per heavy atom. The summed E-state index contributed by atoms with van der Waals surface area (Å²) in [6.45, 7) is 11.2. The van der Waals surface area contributed by atoms with Gasteiger partial charge < -0.3 is 19.3 Å². The zero-order valence-electron chi connectivity index (χ0n) is 34.9. The van der Waals surface area contributed by atoms with Crippen molar-refractivity contribution in [1.82, 2.24) is 4.68 Å². The molecule has 0 atom stereocenters. The quantitative estimate of drug-likeness (QED) is 0.106. The van der Waals surface area contributed by atoms with E-state index >= 15 is 0 Å². The first kappa shape index (κ1) is 40.1. The van der Waals surface area contributed by atoms with Crippen LogP contribution in [0.4, 0.5) is 28.4 Å². The summed E-state index contributed by atoms with van der Waals surface area (Å²) in [4.78, 5) is 6.87. The molecule has 8 aromatic rings. The molecule has 3 heterocycles. The van der Waals surface area contributed by atoms with Gasteiger partial charge in [-0.05, 0) is 59.5 Å². The maximum absolute atomic E-state index is 6.62. The third kappa shape index (κ3) is 7.15. The summed E-state index contributed by atoms with van der Waals surface area (Å²) in [5, 5.41) is 0. The van der Waals surface area contributed by atoms with E-state index < -0.39 is 0 Å². The van der Waals surface area contributed by atoms with Gasteiger partial charge in [-0.2, -0.15) is 18.2 Å². The van der Waals surface area contributed by atoms with Crippen LogP contribution in [0.3, 0.4) is 0 Å². The first-order chi connectivity index (χ1) is 29.4. The minimum Gasteiger partial charge on any atom is -0.510 e. The fourth-order valence-electron chi connectivity index (χ4n) is 8.93. The van der Waals surface area contributed by atoms with Crippen LogP contribution in [0.25, 0.3) is 27.9 Å². The van der Waals surface area contributed by atoms with Crippen LogP contribution >= 0.6 is 0 Å². The van der Waals surface area contributed by atoms with Crippen molar-refractivity contribution >= 4 is 40.9 Å². The molecule has 0 spiro atoms. The van der Waals surface area contributed by atoms with E-state index in [9.17, 15) is 0 Å². The van der Waals surface area contributed by atoms with Gasteiger partial charge in [-0.3, -0.25) is 4.68 Å². The molecule has 0 saturated heterocycles. The van der Waals surface area contributed by atoms with Crippen molar-refractivity contribution in [2.75, 3.05) is 21.7 Å². The smallest absolute Gasteiger partial charge is 0.510 e. The molecule has 10 rings (SSSR count). The number of para-hydroxylation sites is 3. The molecule has 6 nitrogen and oxygen atoms in total. The van der Waals surface area contributed by atoms with Crippen LogP contribution in [0.1, 0.15) is 50.7 Å². The van der Waals surface area contributed by atoms with Gasteiger partial charge in [0, 0.05) is 45.2 Å². The van der Waals surface area contributed by atoms with E-state index in [0.717, 1.165) is 56.4 Å². The number of rotatable bonds is 9. The van der Waals surface area contributed by atoms with Crippen LogP contribution in [0.15, 0.2) is 164 Å². The third-order valence-electron chi connectivity index (χ3n) is 11.7. The van der Waals surface area contributed by atoms with Crippen LogP contribution < -0.4 is 29.4 Å². The van der Waals surface area contributed by atoms with Crippen molar-refractivity contribution in [1.29, 1.82) is 0 Å². The Morgan fingerprint density at radius 2 is 1.16 bits per heavy atom. The zero-order chi connectivity index (χ0) is 40.9. The fraction of sp³-hybridized carbons (Fsp3) is 0.132. The minimum absolute atomic E-state index is 0. The number of nitrogens with zero attached hydrogens (tertiary/aromatic N) is 5. The summed E-state index contributed by atoms with van der Waals surface area (Å²) in [6.07, 6.45) is 5.58. The van der Waals surface area contributed by atoms with Crippen molar-refractivity contribution in [2.45, 2.75) is 39.5 Å². The predicted octanol–water partition coefficient (Wildman–Crippen LogP) is 11.6. The molecule has 0 amide bonds. The van der Waals surface area contributed by atoms with Crippen LogP contribution in [-0.4, -0.2) is 18.7 Å². The number of benzene rings is 7. The van der Waals surface area contributed by atoms with E-state index in [1.807, 2.05) is 24.3 Å². The molecule has 0 unspecified atom stereocenters. The summed E-state index contributed by atoms with van der Waals surface area (Å²) in [5.41, 5.74) is 14.7. The minimum atomic E-state index is -0.0486. The number of hydrogen-bond donors (Lipinski definition) is 0. The van der Waals surface area contributed by atoms with Crippen molar-refractivity contribution in [3.05, 3.63) is 200 Å². The van der Waals surface area contributed by atoms with Crippen molar-refractivity contribution in [3.8, 4) is 39.4 Å². The van der Waals surface area contributed by atoms with Gasteiger partial charge in [0.2, 0.25) is 0 Å². The van der Waals surface area contributed by atoms with Gasteiger partial charge in [0.05, 0.1) is 6.20 Å². The van der Waals surface area contributed by atoms with E-state index in [4.69, 9.17) is 4.74 Å². The van der Waals surface area contributed by atoms with E-state index in [0.29, 0.717) is 23.3 Å². The predicted molar refractivity (Wildman–Crippen MR) is 245 cm³/mol. The third-order valence-corrected chi connectivity index (χ3v) is 11.7. The Bertz CT molecular complexity index is 2760. The SMILES string of the molecule is CC(C)c1cccc(C(C)C)c1B1N(C)c2ccc(Oc3[c-]c(N4[CH-]N(c5c(-c6ccccc6)cccc5-c5ccccc5)c5ccccc54)ccc3)[c-]c2-n2[c-]cc[n+]21.[Pt+4]. The molecule has 0 fully saturated rings. The number of fused-ring (bicyclic) bond motifs is 4. The summed E-state index contributed by atoms with van der Waals surface area (Å²) in [7, 11) is 2.18. The zero-order valence-corrected chi connectivity index (χ0v) is 37.1. The molecule has 7 aromatic carbocycles. The Kier molecular flexibility index (Phi) is 10.9.